The monoisotopic (exact) mass is 707 g/mol. The molecule has 0 aromatic carbocycles. The highest BCUT2D eigenvalue weighted by Crippen LogP contribution is 2.45. The van der Waals surface area contributed by atoms with Crippen LogP contribution in [-0.4, -0.2) is 23.4 Å². The summed E-state index contributed by atoms with van der Waals surface area (Å²) in [7, 11) is 0. The van der Waals surface area contributed by atoms with Gasteiger partial charge in [0.05, 0.1) is 18.1 Å². The van der Waals surface area contributed by atoms with Crippen LogP contribution in [0.3, 0.4) is 0 Å². The summed E-state index contributed by atoms with van der Waals surface area (Å²) < 4.78 is 40.7. The van der Waals surface area contributed by atoms with E-state index in [4.69, 9.17) is 21.7 Å². The number of hydrogen-bond donors (Lipinski definition) is 0. The van der Waals surface area contributed by atoms with Crippen molar-refractivity contribution in [3.05, 3.63) is 0 Å². The molecule has 0 bridgehead atoms. The molecule has 6 aliphatic carbocycles. The molecular weight excluding hydrogens is 631 g/mol. The summed E-state index contributed by atoms with van der Waals surface area (Å²) in [4.78, 5) is 0. The zero-order chi connectivity index (χ0) is 34.8. The lowest BCUT2D eigenvalue weighted by atomic mass is 9.73. The molecule has 284 valence electrons. The van der Waals surface area contributed by atoms with E-state index in [-0.39, 0.29) is 6.10 Å². The van der Waals surface area contributed by atoms with Gasteiger partial charge in [0, 0.05) is 5.92 Å². The SMILES string of the molecule is CC1CCC(CC2CCC(C(=S)OC3CCC(C)CC3)CC2)CC1.CC1CCC(CC2CCC(C(F)(F)OC3CCC(C)CC3)CC2)CC1. The van der Waals surface area contributed by atoms with Crippen LogP contribution >= 0.6 is 12.2 Å². The maximum absolute atomic E-state index is 14.6. The summed E-state index contributed by atoms with van der Waals surface area (Å²) in [6.45, 7) is 9.36. The minimum Gasteiger partial charge on any atom is -0.484 e. The van der Waals surface area contributed by atoms with Crippen molar-refractivity contribution in [1.82, 2.24) is 0 Å². The molecule has 0 spiro atoms. The van der Waals surface area contributed by atoms with Crippen molar-refractivity contribution in [2.45, 2.75) is 213 Å². The van der Waals surface area contributed by atoms with Gasteiger partial charge in [-0.3, -0.25) is 0 Å². The van der Waals surface area contributed by atoms with Crippen LogP contribution in [0.4, 0.5) is 8.78 Å². The minimum absolute atomic E-state index is 0.215. The van der Waals surface area contributed by atoms with Gasteiger partial charge in [0.2, 0.25) is 0 Å². The number of alkyl halides is 2. The van der Waals surface area contributed by atoms with Gasteiger partial charge in [0.1, 0.15) is 0 Å². The topological polar surface area (TPSA) is 18.5 Å². The summed E-state index contributed by atoms with van der Waals surface area (Å²) in [5.41, 5.74) is 0. The molecule has 0 saturated heterocycles. The minimum atomic E-state index is -2.91. The van der Waals surface area contributed by atoms with Gasteiger partial charge in [-0.15, -0.1) is 0 Å². The molecule has 0 N–H and O–H groups in total. The van der Waals surface area contributed by atoms with Crippen LogP contribution in [0, 0.1) is 59.2 Å². The molecule has 5 heteroatoms. The number of ether oxygens (including phenoxy) is 2. The maximum Gasteiger partial charge on any atom is 0.358 e. The van der Waals surface area contributed by atoms with Crippen molar-refractivity contribution in [2.75, 3.05) is 0 Å². The molecule has 6 rings (SSSR count). The second kappa shape index (κ2) is 19.7. The molecule has 0 aromatic heterocycles. The van der Waals surface area contributed by atoms with Crippen molar-refractivity contribution in [3.8, 4) is 0 Å². The van der Waals surface area contributed by atoms with E-state index in [2.05, 4.69) is 27.7 Å². The van der Waals surface area contributed by atoms with E-state index in [1.807, 2.05) is 0 Å². The Labute approximate surface area is 306 Å². The van der Waals surface area contributed by atoms with E-state index in [0.717, 1.165) is 79.1 Å². The third-order valence-electron chi connectivity index (χ3n) is 14.6. The summed E-state index contributed by atoms with van der Waals surface area (Å²) in [6.07, 6.45) is 28.9. The smallest absolute Gasteiger partial charge is 0.358 e. The molecule has 2 nitrogen and oxygen atoms in total. The van der Waals surface area contributed by atoms with Gasteiger partial charge >= 0.3 is 6.11 Å². The second-order valence-corrected chi connectivity index (χ2v) is 19.4. The number of hydrogen-bond acceptors (Lipinski definition) is 3. The highest BCUT2D eigenvalue weighted by Gasteiger charge is 2.45. The lowest BCUT2D eigenvalue weighted by molar-refractivity contribution is -0.301. The number of thiocarbonyl (C=S) groups is 1. The Hall–Kier alpha value is -0.290. The first-order chi connectivity index (χ1) is 23.5. The zero-order valence-corrected chi connectivity index (χ0v) is 33.1. The first kappa shape index (κ1) is 39.9. The fraction of sp³-hybridized carbons (Fsp3) is 0.977. The fourth-order valence-electron chi connectivity index (χ4n) is 10.7. The van der Waals surface area contributed by atoms with Gasteiger partial charge < -0.3 is 9.47 Å². The molecule has 6 aliphatic rings. The molecule has 0 atom stereocenters. The third kappa shape index (κ3) is 13.3. The van der Waals surface area contributed by atoms with E-state index in [9.17, 15) is 8.78 Å². The normalized spacial score (nSPS) is 40.9. The van der Waals surface area contributed by atoms with Crippen molar-refractivity contribution in [2.24, 2.45) is 59.2 Å². The summed E-state index contributed by atoms with van der Waals surface area (Å²) >= 11 is 5.67. The molecule has 6 saturated carbocycles. The Balaban J connectivity index is 0.000000191. The fourth-order valence-corrected chi connectivity index (χ4v) is 11.1. The van der Waals surface area contributed by atoms with E-state index in [1.165, 1.54) is 116 Å². The first-order valence-electron chi connectivity index (χ1n) is 21.8. The van der Waals surface area contributed by atoms with Crippen molar-refractivity contribution >= 4 is 17.3 Å². The average molecular weight is 707 g/mol. The molecule has 0 aliphatic heterocycles. The molecule has 0 unspecified atom stereocenters. The van der Waals surface area contributed by atoms with E-state index < -0.39 is 12.0 Å². The summed E-state index contributed by atoms with van der Waals surface area (Å²) in [5.74, 6) is 6.99. The highest BCUT2D eigenvalue weighted by molar-refractivity contribution is 7.80. The lowest BCUT2D eigenvalue weighted by Gasteiger charge is -2.38. The van der Waals surface area contributed by atoms with Gasteiger partial charge in [-0.1, -0.05) is 79.1 Å². The number of halogens is 2. The predicted octanol–water partition coefficient (Wildman–Crippen LogP) is 14.1. The maximum atomic E-state index is 14.6. The standard InChI is InChI=1S/C22H38F2O.C22H38OS/c1-16-3-7-18(8-4-16)15-19-9-11-20(12-10-19)22(23,24)25-21-13-5-17(2)6-14-21;1-16-3-7-18(8-4-16)15-19-9-11-20(12-10-19)22(24)23-21-13-5-17(2)6-14-21/h16-21H,3-15H2,1-2H3;16-21H,3-15H2,1-2H3. The van der Waals surface area contributed by atoms with Gasteiger partial charge in [-0.05, 0) is 175 Å². The lowest BCUT2D eigenvalue weighted by Crippen LogP contribution is -2.39. The van der Waals surface area contributed by atoms with Crippen molar-refractivity contribution < 1.29 is 18.3 Å². The van der Waals surface area contributed by atoms with Crippen LogP contribution in [0.5, 0.6) is 0 Å². The quantitative estimate of drug-likeness (QED) is 0.222. The summed E-state index contributed by atoms with van der Waals surface area (Å²) in [6, 6.07) is 0. The van der Waals surface area contributed by atoms with Crippen LogP contribution in [0.25, 0.3) is 0 Å². The largest absolute Gasteiger partial charge is 0.484 e. The van der Waals surface area contributed by atoms with Crippen LogP contribution in [0.2, 0.25) is 0 Å². The molecule has 0 radical (unpaired) electrons. The van der Waals surface area contributed by atoms with Gasteiger partial charge in [-0.25, -0.2) is 0 Å². The van der Waals surface area contributed by atoms with Crippen molar-refractivity contribution in [1.29, 1.82) is 0 Å². The number of rotatable bonds is 9. The van der Waals surface area contributed by atoms with Crippen LogP contribution in [-0.2, 0) is 9.47 Å². The predicted molar refractivity (Wildman–Crippen MR) is 205 cm³/mol. The molecule has 6 fully saturated rings. The first-order valence-corrected chi connectivity index (χ1v) is 22.2. The van der Waals surface area contributed by atoms with E-state index in [1.54, 1.807) is 0 Å². The van der Waals surface area contributed by atoms with Crippen LogP contribution in [0.15, 0.2) is 0 Å². The van der Waals surface area contributed by atoms with E-state index in [0.29, 0.717) is 36.7 Å². The van der Waals surface area contributed by atoms with Gasteiger partial charge in [-0.2, -0.15) is 8.78 Å². The Morgan fingerprint density at radius 2 is 0.796 bits per heavy atom. The molecule has 49 heavy (non-hydrogen) atoms. The second-order valence-electron chi connectivity index (χ2n) is 19.0. The van der Waals surface area contributed by atoms with E-state index >= 15 is 0 Å². The third-order valence-corrected chi connectivity index (χ3v) is 15.1. The molecular formula is C44H76F2O2S. The zero-order valence-electron chi connectivity index (χ0n) is 32.3. The molecule has 0 heterocycles. The van der Waals surface area contributed by atoms with Crippen LogP contribution in [0.1, 0.15) is 195 Å². The Morgan fingerprint density at radius 3 is 1.20 bits per heavy atom. The van der Waals surface area contributed by atoms with Gasteiger partial charge in [0.25, 0.3) is 0 Å². The summed E-state index contributed by atoms with van der Waals surface area (Å²) in [5, 5.41) is 0.958. The Morgan fingerprint density at radius 1 is 0.469 bits per heavy atom. The highest BCUT2D eigenvalue weighted by atomic mass is 32.1. The van der Waals surface area contributed by atoms with Crippen molar-refractivity contribution in [3.63, 3.8) is 0 Å². The molecule has 0 amide bonds. The van der Waals surface area contributed by atoms with Crippen LogP contribution < -0.4 is 0 Å². The van der Waals surface area contributed by atoms with Gasteiger partial charge in [0.15, 0.2) is 5.05 Å². The Bertz CT molecular complexity index is 925. The molecule has 0 aromatic rings. The average Bonchev–Trinajstić information content (AvgIpc) is 3.10. The Kier molecular flexibility index (Phi) is 16.0.